The monoisotopic (exact) mass is 227 g/mol. The Kier molecular flexibility index (Phi) is 2.15. The standard InChI is InChI=1S/C12H9N3O2/c13-8-1-2-9(11-4-14-6-16-11)10(3-8)12-5-15-7-17-12/h1-7H,13H2. The summed E-state index contributed by atoms with van der Waals surface area (Å²) in [7, 11) is 0. The molecule has 0 atom stereocenters. The van der Waals surface area contributed by atoms with Crippen LogP contribution < -0.4 is 5.73 Å². The first-order valence-electron chi connectivity index (χ1n) is 5.02. The number of hydrogen-bond donors (Lipinski definition) is 1. The molecule has 0 saturated heterocycles. The van der Waals surface area contributed by atoms with E-state index in [1.165, 1.54) is 12.8 Å². The van der Waals surface area contributed by atoms with Gasteiger partial charge >= 0.3 is 0 Å². The summed E-state index contributed by atoms with van der Waals surface area (Å²) in [4.78, 5) is 7.80. The maximum atomic E-state index is 5.78. The van der Waals surface area contributed by atoms with Crippen LogP contribution in [-0.4, -0.2) is 9.97 Å². The maximum Gasteiger partial charge on any atom is 0.181 e. The molecular formula is C12H9N3O2. The van der Waals surface area contributed by atoms with E-state index in [4.69, 9.17) is 14.6 Å². The lowest BCUT2D eigenvalue weighted by Gasteiger charge is -2.05. The molecule has 2 aromatic heterocycles. The molecule has 2 heterocycles. The van der Waals surface area contributed by atoms with Crippen LogP contribution in [0.3, 0.4) is 0 Å². The first kappa shape index (κ1) is 9.65. The van der Waals surface area contributed by atoms with Crippen LogP contribution in [0, 0.1) is 0 Å². The molecule has 0 aliphatic heterocycles. The third-order valence-corrected chi connectivity index (χ3v) is 2.44. The number of rotatable bonds is 2. The number of nitrogens with zero attached hydrogens (tertiary/aromatic N) is 2. The quantitative estimate of drug-likeness (QED) is 0.681. The second-order valence-electron chi connectivity index (χ2n) is 3.54. The van der Waals surface area contributed by atoms with Gasteiger partial charge in [-0.15, -0.1) is 0 Å². The fourth-order valence-electron chi connectivity index (χ4n) is 1.68. The molecule has 0 aliphatic rings. The molecular weight excluding hydrogens is 218 g/mol. The van der Waals surface area contributed by atoms with Gasteiger partial charge in [-0.05, 0) is 18.2 Å². The fourth-order valence-corrected chi connectivity index (χ4v) is 1.68. The van der Waals surface area contributed by atoms with Crippen LogP contribution in [0.2, 0.25) is 0 Å². The second kappa shape index (κ2) is 3.79. The Hall–Kier alpha value is -2.56. The Morgan fingerprint density at radius 2 is 1.53 bits per heavy atom. The Balaban J connectivity index is 2.22. The molecule has 0 fully saturated rings. The zero-order valence-corrected chi connectivity index (χ0v) is 8.83. The van der Waals surface area contributed by atoms with E-state index in [9.17, 15) is 0 Å². The van der Waals surface area contributed by atoms with E-state index in [0.717, 1.165) is 11.1 Å². The van der Waals surface area contributed by atoms with Crippen LogP contribution in [0.5, 0.6) is 0 Å². The largest absolute Gasteiger partial charge is 0.443 e. The summed E-state index contributed by atoms with van der Waals surface area (Å²) in [5, 5.41) is 0. The first-order chi connectivity index (χ1) is 8.34. The van der Waals surface area contributed by atoms with E-state index in [1.54, 1.807) is 18.5 Å². The van der Waals surface area contributed by atoms with Crippen LogP contribution in [0.4, 0.5) is 5.69 Å². The molecule has 1 aromatic carbocycles. The summed E-state index contributed by atoms with van der Waals surface area (Å²) < 4.78 is 10.6. The van der Waals surface area contributed by atoms with E-state index in [0.29, 0.717) is 17.2 Å². The van der Waals surface area contributed by atoms with E-state index in [-0.39, 0.29) is 0 Å². The zero-order chi connectivity index (χ0) is 11.7. The van der Waals surface area contributed by atoms with E-state index in [2.05, 4.69) is 9.97 Å². The van der Waals surface area contributed by atoms with E-state index >= 15 is 0 Å². The summed E-state index contributed by atoms with van der Waals surface area (Å²) >= 11 is 0. The van der Waals surface area contributed by atoms with Gasteiger partial charge in [0, 0.05) is 16.8 Å². The van der Waals surface area contributed by atoms with Crippen molar-refractivity contribution >= 4 is 5.69 Å². The van der Waals surface area contributed by atoms with Gasteiger partial charge in [0.05, 0.1) is 12.4 Å². The highest BCUT2D eigenvalue weighted by molar-refractivity contribution is 5.80. The van der Waals surface area contributed by atoms with Gasteiger partial charge in [0.15, 0.2) is 24.3 Å². The van der Waals surface area contributed by atoms with Gasteiger partial charge in [-0.1, -0.05) is 0 Å². The lowest BCUT2D eigenvalue weighted by atomic mass is 10.0. The van der Waals surface area contributed by atoms with Crippen LogP contribution >= 0.6 is 0 Å². The first-order valence-corrected chi connectivity index (χ1v) is 5.02. The van der Waals surface area contributed by atoms with Crippen LogP contribution in [0.15, 0.2) is 52.2 Å². The molecule has 3 rings (SSSR count). The Bertz CT molecular complexity index is 615. The van der Waals surface area contributed by atoms with Crippen LogP contribution in [0.25, 0.3) is 22.6 Å². The summed E-state index contributed by atoms with van der Waals surface area (Å²) in [6.07, 6.45) is 6.04. The SMILES string of the molecule is Nc1ccc(-c2cnco2)c(-c2cnco2)c1. The minimum Gasteiger partial charge on any atom is -0.443 e. The number of nitrogen functional groups attached to an aromatic ring is 1. The highest BCUT2D eigenvalue weighted by atomic mass is 16.3. The number of benzene rings is 1. The van der Waals surface area contributed by atoms with Gasteiger partial charge in [-0.3, -0.25) is 0 Å². The lowest BCUT2D eigenvalue weighted by molar-refractivity contribution is 0.566. The molecule has 0 bridgehead atoms. The highest BCUT2D eigenvalue weighted by Crippen LogP contribution is 2.33. The van der Waals surface area contributed by atoms with Gasteiger partial charge in [-0.25, -0.2) is 9.97 Å². The molecule has 0 spiro atoms. The summed E-state index contributed by atoms with van der Waals surface area (Å²) in [5.41, 5.74) is 8.13. The van der Waals surface area contributed by atoms with Crippen molar-refractivity contribution in [3.8, 4) is 22.6 Å². The molecule has 2 N–H and O–H groups in total. The minimum atomic E-state index is 0.642. The number of anilines is 1. The number of hydrogen-bond acceptors (Lipinski definition) is 5. The molecule has 5 nitrogen and oxygen atoms in total. The van der Waals surface area contributed by atoms with Crippen molar-refractivity contribution in [2.24, 2.45) is 0 Å². The number of nitrogens with two attached hydrogens (primary N) is 1. The Labute approximate surface area is 96.9 Å². The zero-order valence-electron chi connectivity index (χ0n) is 8.83. The smallest absolute Gasteiger partial charge is 0.181 e. The van der Waals surface area contributed by atoms with Gasteiger partial charge in [0.1, 0.15) is 0 Å². The lowest BCUT2D eigenvalue weighted by Crippen LogP contribution is -1.88. The van der Waals surface area contributed by atoms with Crippen molar-refractivity contribution in [1.29, 1.82) is 0 Å². The van der Waals surface area contributed by atoms with Crippen LogP contribution in [0.1, 0.15) is 0 Å². The molecule has 3 aromatic rings. The molecule has 0 aliphatic carbocycles. The van der Waals surface area contributed by atoms with Gasteiger partial charge in [0.2, 0.25) is 0 Å². The summed E-state index contributed by atoms with van der Waals surface area (Å²) in [6, 6.07) is 5.49. The Morgan fingerprint density at radius 3 is 2.12 bits per heavy atom. The predicted molar refractivity (Wildman–Crippen MR) is 61.8 cm³/mol. The van der Waals surface area contributed by atoms with E-state index < -0.39 is 0 Å². The van der Waals surface area contributed by atoms with Gasteiger partial charge in [-0.2, -0.15) is 0 Å². The fraction of sp³-hybridized carbons (Fsp3) is 0. The van der Waals surface area contributed by atoms with Crippen molar-refractivity contribution in [3.63, 3.8) is 0 Å². The van der Waals surface area contributed by atoms with Crippen molar-refractivity contribution in [2.45, 2.75) is 0 Å². The van der Waals surface area contributed by atoms with Crippen molar-refractivity contribution in [3.05, 3.63) is 43.4 Å². The average molecular weight is 227 g/mol. The van der Waals surface area contributed by atoms with Gasteiger partial charge in [0.25, 0.3) is 0 Å². The van der Waals surface area contributed by atoms with Crippen molar-refractivity contribution < 1.29 is 8.83 Å². The molecule has 5 heteroatoms. The van der Waals surface area contributed by atoms with Crippen LogP contribution in [-0.2, 0) is 0 Å². The third kappa shape index (κ3) is 1.67. The molecule has 0 saturated carbocycles. The Morgan fingerprint density at radius 1 is 0.882 bits per heavy atom. The second-order valence-corrected chi connectivity index (χ2v) is 3.54. The number of aromatic nitrogens is 2. The highest BCUT2D eigenvalue weighted by Gasteiger charge is 2.12. The predicted octanol–water partition coefficient (Wildman–Crippen LogP) is 2.58. The average Bonchev–Trinajstić information content (AvgIpc) is 3.02. The molecule has 17 heavy (non-hydrogen) atoms. The van der Waals surface area contributed by atoms with Gasteiger partial charge < -0.3 is 14.6 Å². The summed E-state index contributed by atoms with van der Waals surface area (Å²) in [6.45, 7) is 0. The third-order valence-electron chi connectivity index (χ3n) is 2.44. The molecule has 84 valence electrons. The normalized spacial score (nSPS) is 10.6. The summed E-state index contributed by atoms with van der Waals surface area (Å²) in [5.74, 6) is 1.31. The minimum absolute atomic E-state index is 0.642. The topological polar surface area (TPSA) is 78.1 Å². The maximum absolute atomic E-state index is 5.78. The molecule has 0 amide bonds. The molecule has 0 radical (unpaired) electrons. The molecule has 0 unspecified atom stereocenters. The van der Waals surface area contributed by atoms with E-state index in [1.807, 2.05) is 12.1 Å². The number of oxazole rings is 2. The van der Waals surface area contributed by atoms with Crippen molar-refractivity contribution in [1.82, 2.24) is 9.97 Å². The van der Waals surface area contributed by atoms with Crippen molar-refractivity contribution in [2.75, 3.05) is 5.73 Å².